The van der Waals surface area contributed by atoms with E-state index in [1.165, 1.54) is 12.1 Å². The molecular weight excluding hydrogens is 255 g/mol. The summed E-state index contributed by atoms with van der Waals surface area (Å²) in [5.41, 5.74) is 6.50. The molecule has 1 aliphatic rings. The van der Waals surface area contributed by atoms with Crippen LogP contribution in [0, 0.1) is 5.82 Å². The van der Waals surface area contributed by atoms with Crippen molar-refractivity contribution >= 4 is 5.91 Å². The van der Waals surface area contributed by atoms with Gasteiger partial charge in [0.25, 0.3) is 0 Å². The highest BCUT2D eigenvalue weighted by molar-refractivity contribution is 5.86. The molecule has 2 N–H and O–H groups in total. The maximum absolute atomic E-state index is 13.0. The number of nitrogens with two attached hydrogens (primary N) is 1. The monoisotopic (exact) mass is 278 g/mol. The van der Waals surface area contributed by atoms with Crippen molar-refractivity contribution in [3.05, 3.63) is 35.6 Å². The first kappa shape index (κ1) is 15.0. The molecule has 0 aromatic heterocycles. The summed E-state index contributed by atoms with van der Waals surface area (Å²) in [5, 5.41) is 0. The number of rotatable bonds is 4. The fourth-order valence-electron chi connectivity index (χ4n) is 3.02. The van der Waals surface area contributed by atoms with Gasteiger partial charge in [0.2, 0.25) is 5.91 Å². The van der Waals surface area contributed by atoms with Gasteiger partial charge >= 0.3 is 0 Å². The van der Waals surface area contributed by atoms with Crippen LogP contribution in [0.1, 0.15) is 51.1 Å². The van der Waals surface area contributed by atoms with Gasteiger partial charge < -0.3 is 10.6 Å². The lowest BCUT2D eigenvalue weighted by Gasteiger charge is -2.35. The number of carbonyl (C=O) groups is 1. The summed E-state index contributed by atoms with van der Waals surface area (Å²) in [7, 11) is 0. The van der Waals surface area contributed by atoms with Crippen LogP contribution in [0.3, 0.4) is 0 Å². The molecule has 20 heavy (non-hydrogen) atoms. The van der Waals surface area contributed by atoms with Crippen molar-refractivity contribution in [3.8, 4) is 0 Å². The SMILES string of the molecule is CCN(C(=O)C1(N)CCCC1)C(C)c1ccc(F)cc1. The van der Waals surface area contributed by atoms with Crippen molar-refractivity contribution in [2.24, 2.45) is 5.73 Å². The van der Waals surface area contributed by atoms with Crippen molar-refractivity contribution in [1.29, 1.82) is 0 Å². The molecule has 1 atom stereocenters. The second kappa shape index (κ2) is 5.92. The molecule has 110 valence electrons. The van der Waals surface area contributed by atoms with E-state index in [1.54, 1.807) is 17.0 Å². The van der Waals surface area contributed by atoms with Crippen LogP contribution < -0.4 is 5.73 Å². The predicted octanol–water partition coefficient (Wildman–Crippen LogP) is 3.01. The van der Waals surface area contributed by atoms with Gasteiger partial charge in [0.15, 0.2) is 0 Å². The van der Waals surface area contributed by atoms with Crippen LogP contribution in [-0.2, 0) is 4.79 Å². The molecule has 4 heteroatoms. The Morgan fingerprint density at radius 3 is 2.40 bits per heavy atom. The van der Waals surface area contributed by atoms with Crippen LogP contribution >= 0.6 is 0 Å². The minimum Gasteiger partial charge on any atom is -0.335 e. The second-order valence-corrected chi connectivity index (χ2v) is 5.68. The van der Waals surface area contributed by atoms with Gasteiger partial charge in [-0.15, -0.1) is 0 Å². The van der Waals surface area contributed by atoms with E-state index in [4.69, 9.17) is 5.73 Å². The summed E-state index contributed by atoms with van der Waals surface area (Å²) >= 11 is 0. The van der Waals surface area contributed by atoms with Crippen molar-refractivity contribution < 1.29 is 9.18 Å². The van der Waals surface area contributed by atoms with Gasteiger partial charge in [-0.1, -0.05) is 25.0 Å². The number of benzene rings is 1. The van der Waals surface area contributed by atoms with E-state index in [9.17, 15) is 9.18 Å². The average molecular weight is 278 g/mol. The average Bonchev–Trinajstić information content (AvgIpc) is 2.88. The molecule has 0 saturated heterocycles. The molecule has 0 heterocycles. The van der Waals surface area contributed by atoms with Crippen LogP contribution in [0.4, 0.5) is 4.39 Å². The number of carbonyl (C=O) groups excluding carboxylic acids is 1. The third-order valence-electron chi connectivity index (χ3n) is 4.34. The molecule has 0 radical (unpaired) electrons. The Morgan fingerprint density at radius 2 is 1.90 bits per heavy atom. The maximum atomic E-state index is 13.0. The highest BCUT2D eigenvalue weighted by Crippen LogP contribution is 2.32. The fourth-order valence-corrected chi connectivity index (χ4v) is 3.02. The number of hydrogen-bond donors (Lipinski definition) is 1. The fraction of sp³-hybridized carbons (Fsp3) is 0.562. The maximum Gasteiger partial charge on any atom is 0.243 e. The third-order valence-corrected chi connectivity index (χ3v) is 4.34. The Balaban J connectivity index is 2.18. The largest absolute Gasteiger partial charge is 0.335 e. The van der Waals surface area contributed by atoms with Gasteiger partial charge in [0.05, 0.1) is 11.6 Å². The Labute approximate surface area is 120 Å². The minimum atomic E-state index is -0.704. The Morgan fingerprint density at radius 1 is 1.35 bits per heavy atom. The van der Waals surface area contributed by atoms with Crippen molar-refractivity contribution in [3.63, 3.8) is 0 Å². The molecule has 1 aliphatic carbocycles. The van der Waals surface area contributed by atoms with Crippen LogP contribution in [0.5, 0.6) is 0 Å². The highest BCUT2D eigenvalue weighted by Gasteiger charge is 2.40. The minimum absolute atomic E-state index is 0.0225. The van der Waals surface area contributed by atoms with E-state index < -0.39 is 5.54 Å². The first-order valence-corrected chi connectivity index (χ1v) is 7.33. The molecule has 1 fully saturated rings. The summed E-state index contributed by atoms with van der Waals surface area (Å²) in [6.45, 7) is 4.53. The van der Waals surface area contributed by atoms with E-state index in [1.807, 2.05) is 13.8 Å². The number of likely N-dealkylation sites (N-methyl/N-ethyl adjacent to an activating group) is 1. The van der Waals surface area contributed by atoms with E-state index in [2.05, 4.69) is 0 Å². The Kier molecular flexibility index (Phi) is 4.43. The van der Waals surface area contributed by atoms with Gasteiger partial charge in [-0.3, -0.25) is 4.79 Å². The zero-order valence-corrected chi connectivity index (χ0v) is 12.2. The zero-order chi connectivity index (χ0) is 14.8. The summed E-state index contributed by atoms with van der Waals surface area (Å²) < 4.78 is 13.0. The number of nitrogens with zero attached hydrogens (tertiary/aromatic N) is 1. The molecule has 0 aliphatic heterocycles. The lowest BCUT2D eigenvalue weighted by molar-refractivity contribution is -0.138. The van der Waals surface area contributed by atoms with Gasteiger partial charge in [0.1, 0.15) is 5.82 Å². The summed E-state index contributed by atoms with van der Waals surface area (Å²) in [6.07, 6.45) is 3.56. The van der Waals surface area contributed by atoms with Gasteiger partial charge in [-0.2, -0.15) is 0 Å². The van der Waals surface area contributed by atoms with E-state index in [0.29, 0.717) is 6.54 Å². The molecule has 1 amide bonds. The first-order chi connectivity index (χ1) is 9.48. The van der Waals surface area contributed by atoms with Gasteiger partial charge in [-0.05, 0) is 44.4 Å². The molecular formula is C16H23FN2O. The standard InChI is InChI=1S/C16H23FN2O/c1-3-19(15(20)16(18)10-4-5-11-16)12(2)13-6-8-14(17)9-7-13/h6-9,12H,3-5,10-11,18H2,1-2H3. The quantitative estimate of drug-likeness (QED) is 0.920. The number of hydrogen-bond acceptors (Lipinski definition) is 2. The van der Waals surface area contributed by atoms with E-state index >= 15 is 0 Å². The van der Waals surface area contributed by atoms with Crippen molar-refractivity contribution in [1.82, 2.24) is 4.90 Å². The summed E-state index contributed by atoms with van der Waals surface area (Å²) in [6, 6.07) is 6.23. The molecule has 1 aromatic rings. The smallest absolute Gasteiger partial charge is 0.243 e. The van der Waals surface area contributed by atoms with Crippen LogP contribution in [0.15, 0.2) is 24.3 Å². The Hall–Kier alpha value is -1.42. The number of amides is 1. The zero-order valence-electron chi connectivity index (χ0n) is 12.2. The van der Waals surface area contributed by atoms with Gasteiger partial charge in [0, 0.05) is 6.54 Å². The third kappa shape index (κ3) is 2.85. The summed E-state index contributed by atoms with van der Waals surface area (Å²) in [4.78, 5) is 14.5. The van der Waals surface area contributed by atoms with Crippen LogP contribution in [-0.4, -0.2) is 22.9 Å². The van der Waals surface area contributed by atoms with Crippen molar-refractivity contribution in [2.45, 2.75) is 51.1 Å². The molecule has 3 nitrogen and oxygen atoms in total. The van der Waals surface area contributed by atoms with E-state index in [0.717, 1.165) is 31.2 Å². The Bertz CT molecular complexity index is 466. The lowest BCUT2D eigenvalue weighted by atomic mass is 9.95. The molecule has 1 aromatic carbocycles. The molecule has 0 bridgehead atoms. The van der Waals surface area contributed by atoms with Gasteiger partial charge in [-0.25, -0.2) is 4.39 Å². The molecule has 0 spiro atoms. The predicted molar refractivity (Wildman–Crippen MR) is 77.6 cm³/mol. The second-order valence-electron chi connectivity index (χ2n) is 5.68. The molecule has 1 unspecified atom stereocenters. The number of halogens is 1. The van der Waals surface area contributed by atoms with Crippen molar-refractivity contribution in [2.75, 3.05) is 6.54 Å². The summed E-state index contributed by atoms with van der Waals surface area (Å²) in [5.74, 6) is -0.240. The molecule has 1 saturated carbocycles. The topological polar surface area (TPSA) is 46.3 Å². The highest BCUT2D eigenvalue weighted by atomic mass is 19.1. The normalized spacial score (nSPS) is 18.8. The lowest BCUT2D eigenvalue weighted by Crippen LogP contribution is -2.54. The van der Waals surface area contributed by atoms with Crippen LogP contribution in [0.25, 0.3) is 0 Å². The molecule has 2 rings (SSSR count). The van der Waals surface area contributed by atoms with Crippen LogP contribution in [0.2, 0.25) is 0 Å². The first-order valence-electron chi connectivity index (χ1n) is 7.33. The van der Waals surface area contributed by atoms with E-state index in [-0.39, 0.29) is 17.8 Å².